The highest BCUT2D eigenvalue weighted by Gasteiger charge is 2.21. The van der Waals surface area contributed by atoms with Gasteiger partial charge in [-0.1, -0.05) is 23.8 Å². The quantitative estimate of drug-likeness (QED) is 0.431. The standard InChI is InChI=1S/C27H30ClN5O3/c1-17-15-33(16-18(2)31-17)23-9-7-22(8-10-23)32-27-29-13-19(14-30-27)5-6-20-11-21(26(34)36-4)12-24(35-3)25(20)28/h5-14,17-18,31H,15-16H2,1-4H3,(H,29,30,32)/b6-5+/t17-,18+. The van der Waals surface area contributed by atoms with Crippen molar-refractivity contribution in [3.63, 3.8) is 0 Å². The number of piperazine rings is 1. The van der Waals surface area contributed by atoms with Crippen LogP contribution in [0.3, 0.4) is 0 Å². The van der Waals surface area contributed by atoms with Gasteiger partial charge in [-0.3, -0.25) is 0 Å². The molecule has 0 saturated carbocycles. The predicted molar refractivity (Wildman–Crippen MR) is 144 cm³/mol. The highest BCUT2D eigenvalue weighted by Crippen LogP contribution is 2.31. The van der Waals surface area contributed by atoms with Gasteiger partial charge in [0.05, 0.1) is 24.8 Å². The number of hydrogen-bond acceptors (Lipinski definition) is 8. The van der Waals surface area contributed by atoms with E-state index in [1.807, 2.05) is 18.2 Å². The molecule has 0 bridgehead atoms. The van der Waals surface area contributed by atoms with E-state index in [1.54, 1.807) is 30.6 Å². The number of carbonyl (C=O) groups is 1. The molecule has 4 rings (SSSR count). The van der Waals surface area contributed by atoms with Gasteiger partial charge in [0.2, 0.25) is 5.95 Å². The molecule has 2 atom stereocenters. The zero-order valence-electron chi connectivity index (χ0n) is 20.8. The Morgan fingerprint density at radius 1 is 1.08 bits per heavy atom. The van der Waals surface area contributed by atoms with Gasteiger partial charge in [0, 0.05) is 54.5 Å². The molecule has 2 N–H and O–H groups in total. The maximum absolute atomic E-state index is 12.0. The van der Waals surface area contributed by atoms with Crippen LogP contribution < -0.4 is 20.3 Å². The first-order valence-electron chi connectivity index (χ1n) is 11.7. The summed E-state index contributed by atoms with van der Waals surface area (Å²) < 4.78 is 10.1. The molecular weight excluding hydrogens is 478 g/mol. The Morgan fingerprint density at radius 2 is 1.75 bits per heavy atom. The number of hydrogen-bond donors (Lipinski definition) is 2. The summed E-state index contributed by atoms with van der Waals surface area (Å²) in [5, 5.41) is 7.19. The molecule has 9 heteroatoms. The minimum atomic E-state index is -0.469. The van der Waals surface area contributed by atoms with Gasteiger partial charge >= 0.3 is 5.97 Å². The van der Waals surface area contributed by atoms with Gasteiger partial charge in [0.1, 0.15) is 5.75 Å². The zero-order valence-corrected chi connectivity index (χ0v) is 21.5. The molecular formula is C27H30ClN5O3. The lowest BCUT2D eigenvalue weighted by Gasteiger charge is -2.37. The number of carbonyl (C=O) groups excluding carboxylic acids is 1. The lowest BCUT2D eigenvalue weighted by molar-refractivity contribution is 0.0600. The number of aromatic nitrogens is 2. The molecule has 0 amide bonds. The lowest BCUT2D eigenvalue weighted by Crippen LogP contribution is -2.54. The van der Waals surface area contributed by atoms with Crippen molar-refractivity contribution in [2.45, 2.75) is 25.9 Å². The van der Waals surface area contributed by atoms with E-state index in [-0.39, 0.29) is 0 Å². The SMILES string of the molecule is COC(=O)c1cc(/C=C/c2cnc(Nc3ccc(N4C[C@@H](C)N[C@@H](C)C4)cc3)nc2)c(Cl)c(OC)c1. The molecule has 1 aromatic heterocycles. The van der Waals surface area contributed by atoms with Crippen molar-refractivity contribution in [1.82, 2.24) is 15.3 Å². The Labute approximate surface area is 216 Å². The average Bonchev–Trinajstić information content (AvgIpc) is 2.88. The Balaban J connectivity index is 1.42. The summed E-state index contributed by atoms with van der Waals surface area (Å²) in [6.07, 6.45) is 7.01. The summed E-state index contributed by atoms with van der Waals surface area (Å²) in [6.45, 7) is 6.39. The Morgan fingerprint density at radius 3 is 2.36 bits per heavy atom. The molecule has 8 nitrogen and oxygen atoms in total. The second-order valence-corrected chi connectivity index (χ2v) is 9.17. The van der Waals surface area contributed by atoms with Crippen LogP contribution in [0.4, 0.5) is 17.3 Å². The first-order valence-corrected chi connectivity index (χ1v) is 12.1. The van der Waals surface area contributed by atoms with Crippen LogP contribution in [0.25, 0.3) is 12.2 Å². The van der Waals surface area contributed by atoms with Crippen molar-refractivity contribution in [2.75, 3.05) is 37.5 Å². The number of benzene rings is 2. The van der Waals surface area contributed by atoms with E-state index in [1.165, 1.54) is 19.9 Å². The van der Waals surface area contributed by atoms with Crippen molar-refractivity contribution in [1.29, 1.82) is 0 Å². The summed E-state index contributed by atoms with van der Waals surface area (Å²) in [5.74, 6) is 0.419. The molecule has 2 heterocycles. The molecule has 1 aliphatic rings. The molecule has 2 aromatic carbocycles. The van der Waals surface area contributed by atoms with Gasteiger partial charge in [-0.05, 0) is 55.8 Å². The highest BCUT2D eigenvalue weighted by molar-refractivity contribution is 6.33. The van der Waals surface area contributed by atoms with E-state index in [0.717, 1.165) is 24.3 Å². The molecule has 1 saturated heterocycles. The maximum atomic E-state index is 12.0. The third kappa shape index (κ3) is 6.13. The average molecular weight is 508 g/mol. The number of rotatable bonds is 7. The maximum Gasteiger partial charge on any atom is 0.338 e. The van der Waals surface area contributed by atoms with Crippen LogP contribution in [0.5, 0.6) is 5.75 Å². The van der Waals surface area contributed by atoms with Crippen LogP contribution in [0.2, 0.25) is 5.02 Å². The minimum Gasteiger partial charge on any atom is -0.495 e. The number of ether oxygens (including phenoxy) is 2. The summed E-state index contributed by atoms with van der Waals surface area (Å²) in [7, 11) is 2.82. The fraction of sp³-hybridized carbons (Fsp3) is 0.296. The fourth-order valence-corrected chi connectivity index (χ4v) is 4.47. The third-order valence-corrected chi connectivity index (χ3v) is 6.29. The number of halogens is 1. The summed E-state index contributed by atoms with van der Waals surface area (Å²) in [5.41, 5.74) is 3.86. The number of esters is 1. The van der Waals surface area contributed by atoms with Crippen LogP contribution in [0.15, 0.2) is 48.8 Å². The molecule has 0 spiro atoms. The predicted octanol–water partition coefficient (Wildman–Crippen LogP) is 5.03. The topological polar surface area (TPSA) is 88.6 Å². The summed E-state index contributed by atoms with van der Waals surface area (Å²) >= 11 is 6.41. The zero-order chi connectivity index (χ0) is 25.7. The van der Waals surface area contributed by atoms with Crippen LogP contribution in [-0.2, 0) is 4.74 Å². The molecule has 1 fully saturated rings. The summed E-state index contributed by atoms with van der Waals surface area (Å²) in [4.78, 5) is 23.2. The van der Waals surface area contributed by atoms with E-state index in [2.05, 4.69) is 51.5 Å². The van der Waals surface area contributed by atoms with Gasteiger partial charge in [-0.25, -0.2) is 14.8 Å². The van der Waals surface area contributed by atoms with E-state index in [9.17, 15) is 4.79 Å². The van der Waals surface area contributed by atoms with E-state index >= 15 is 0 Å². The van der Waals surface area contributed by atoms with Gasteiger partial charge in [0.25, 0.3) is 0 Å². The first kappa shape index (κ1) is 25.5. The molecule has 188 valence electrons. The van der Waals surface area contributed by atoms with Crippen LogP contribution in [0.1, 0.15) is 35.3 Å². The van der Waals surface area contributed by atoms with Crippen molar-refractivity contribution in [3.05, 3.63) is 70.5 Å². The van der Waals surface area contributed by atoms with Crippen LogP contribution in [0, 0.1) is 0 Å². The Bertz CT molecular complexity index is 1220. The van der Waals surface area contributed by atoms with Gasteiger partial charge in [-0.15, -0.1) is 0 Å². The van der Waals surface area contributed by atoms with E-state index in [4.69, 9.17) is 21.1 Å². The fourth-order valence-electron chi connectivity index (χ4n) is 4.22. The first-order chi connectivity index (χ1) is 17.4. The lowest BCUT2D eigenvalue weighted by atomic mass is 10.1. The third-order valence-electron chi connectivity index (χ3n) is 5.88. The molecule has 3 aromatic rings. The van der Waals surface area contributed by atoms with Gasteiger partial charge in [-0.2, -0.15) is 0 Å². The smallest absolute Gasteiger partial charge is 0.338 e. The highest BCUT2D eigenvalue weighted by atomic mass is 35.5. The van der Waals surface area contributed by atoms with Crippen molar-refractivity contribution in [2.24, 2.45) is 0 Å². The second kappa shape index (κ2) is 11.4. The number of anilines is 3. The van der Waals surface area contributed by atoms with E-state index in [0.29, 0.717) is 39.9 Å². The Hall–Kier alpha value is -3.62. The van der Waals surface area contributed by atoms with Crippen LogP contribution >= 0.6 is 11.6 Å². The van der Waals surface area contributed by atoms with Gasteiger partial charge < -0.3 is 25.0 Å². The summed E-state index contributed by atoms with van der Waals surface area (Å²) in [6, 6.07) is 12.4. The molecule has 1 aliphatic heterocycles. The number of methoxy groups -OCH3 is 2. The molecule has 0 radical (unpaired) electrons. The number of nitrogens with zero attached hydrogens (tertiary/aromatic N) is 3. The molecule has 36 heavy (non-hydrogen) atoms. The van der Waals surface area contributed by atoms with Crippen molar-refractivity contribution in [3.8, 4) is 5.75 Å². The largest absolute Gasteiger partial charge is 0.495 e. The Kier molecular flexibility index (Phi) is 8.07. The van der Waals surface area contributed by atoms with Crippen LogP contribution in [-0.4, -0.2) is 55.3 Å². The van der Waals surface area contributed by atoms with Crippen molar-refractivity contribution < 1.29 is 14.3 Å². The number of nitrogens with one attached hydrogen (secondary N) is 2. The van der Waals surface area contributed by atoms with Gasteiger partial charge in [0.15, 0.2) is 0 Å². The molecule has 0 aliphatic carbocycles. The minimum absolute atomic E-state index is 0.348. The normalized spacial score (nSPS) is 17.8. The monoisotopic (exact) mass is 507 g/mol. The van der Waals surface area contributed by atoms with Crippen molar-refractivity contribution >= 4 is 47.0 Å². The van der Waals surface area contributed by atoms with E-state index < -0.39 is 5.97 Å². The molecule has 0 unspecified atom stereocenters. The second-order valence-electron chi connectivity index (χ2n) is 8.79.